The first-order valence-corrected chi connectivity index (χ1v) is 9.51. The van der Waals surface area contributed by atoms with Crippen molar-refractivity contribution in [2.45, 2.75) is 13.8 Å². The van der Waals surface area contributed by atoms with E-state index in [0.717, 1.165) is 22.3 Å². The molecule has 0 atom stereocenters. The fourth-order valence-corrected chi connectivity index (χ4v) is 3.64. The second kappa shape index (κ2) is 7.30. The van der Waals surface area contributed by atoms with Gasteiger partial charge in [0.2, 0.25) is 0 Å². The van der Waals surface area contributed by atoms with Crippen LogP contribution in [0.2, 0.25) is 10.0 Å². The van der Waals surface area contributed by atoms with Crippen LogP contribution in [0.1, 0.15) is 21.5 Å². The van der Waals surface area contributed by atoms with E-state index in [-0.39, 0.29) is 5.91 Å². The molecule has 1 amide bonds. The van der Waals surface area contributed by atoms with Gasteiger partial charge in [0.05, 0.1) is 10.6 Å². The lowest BCUT2D eigenvalue weighted by atomic mass is 10.1. The molecule has 0 fully saturated rings. The zero-order chi connectivity index (χ0) is 19.8. The summed E-state index contributed by atoms with van der Waals surface area (Å²) in [7, 11) is 0. The van der Waals surface area contributed by atoms with E-state index in [4.69, 9.17) is 28.2 Å². The number of rotatable bonds is 3. The van der Waals surface area contributed by atoms with Crippen LogP contribution in [0.5, 0.6) is 0 Å². The summed E-state index contributed by atoms with van der Waals surface area (Å²) >= 11 is 12.2. The number of hydrogen-bond donors (Lipinski definition) is 1. The van der Waals surface area contributed by atoms with E-state index in [1.165, 1.54) is 0 Å². The number of pyridine rings is 1. The Labute approximate surface area is 172 Å². The number of hydrogen-bond acceptors (Lipinski definition) is 2. The molecule has 2 aromatic heterocycles. The summed E-state index contributed by atoms with van der Waals surface area (Å²) in [6, 6.07) is 16.7. The zero-order valence-corrected chi connectivity index (χ0v) is 16.8. The molecular weight excluding hydrogens is 393 g/mol. The number of aryl methyl sites for hydroxylation is 2. The maximum Gasteiger partial charge on any atom is 0.258 e. The lowest BCUT2D eigenvalue weighted by Crippen LogP contribution is -2.14. The van der Waals surface area contributed by atoms with Crippen molar-refractivity contribution in [3.05, 3.63) is 87.5 Å². The monoisotopic (exact) mass is 409 g/mol. The molecule has 0 unspecified atom stereocenters. The number of carbonyl (C=O) groups excluding carboxylic acids is 1. The minimum atomic E-state index is -0.320. The summed E-state index contributed by atoms with van der Waals surface area (Å²) in [6.45, 7) is 4.03. The highest BCUT2D eigenvalue weighted by molar-refractivity contribution is 6.37. The van der Waals surface area contributed by atoms with Crippen LogP contribution >= 0.6 is 23.2 Å². The molecule has 140 valence electrons. The standard InChI is InChI=1S/C22H17Cl2N3O/c1-13-9-10-27-19(11-13)25-20(16-6-4-3-5-14(16)2)21(27)26-22(28)17-8-7-15(23)12-18(17)24/h3-12H,1-2H3,(H,26,28). The van der Waals surface area contributed by atoms with E-state index in [1.54, 1.807) is 18.2 Å². The molecule has 28 heavy (non-hydrogen) atoms. The van der Waals surface area contributed by atoms with Crippen molar-refractivity contribution in [3.8, 4) is 11.3 Å². The van der Waals surface area contributed by atoms with E-state index in [0.29, 0.717) is 27.1 Å². The van der Waals surface area contributed by atoms with Crippen LogP contribution < -0.4 is 5.32 Å². The molecule has 4 rings (SSSR count). The van der Waals surface area contributed by atoms with Crippen molar-refractivity contribution >= 4 is 40.6 Å². The van der Waals surface area contributed by atoms with Crippen molar-refractivity contribution < 1.29 is 4.79 Å². The maximum absolute atomic E-state index is 12.9. The second-order valence-corrected chi connectivity index (χ2v) is 7.48. The number of carbonyl (C=O) groups is 1. The van der Waals surface area contributed by atoms with Gasteiger partial charge in [-0.05, 0) is 55.3 Å². The largest absolute Gasteiger partial charge is 0.306 e. The number of imidazole rings is 1. The number of nitrogens with one attached hydrogen (secondary N) is 1. The molecule has 2 aromatic carbocycles. The molecule has 0 aliphatic rings. The predicted octanol–water partition coefficient (Wildman–Crippen LogP) is 6.18. The van der Waals surface area contributed by atoms with E-state index in [2.05, 4.69) is 5.32 Å². The number of amides is 1. The van der Waals surface area contributed by atoms with Gasteiger partial charge in [0.1, 0.15) is 17.2 Å². The van der Waals surface area contributed by atoms with Crippen molar-refractivity contribution in [2.75, 3.05) is 5.32 Å². The van der Waals surface area contributed by atoms with Gasteiger partial charge in [0, 0.05) is 16.8 Å². The molecule has 0 aliphatic carbocycles. The first-order chi connectivity index (χ1) is 13.4. The summed E-state index contributed by atoms with van der Waals surface area (Å²) in [4.78, 5) is 17.7. The number of nitrogens with zero attached hydrogens (tertiary/aromatic N) is 2. The molecule has 0 aliphatic heterocycles. The predicted molar refractivity (Wildman–Crippen MR) is 115 cm³/mol. The van der Waals surface area contributed by atoms with Gasteiger partial charge in [-0.3, -0.25) is 9.20 Å². The third-order valence-corrected chi connectivity index (χ3v) is 5.14. The Morgan fingerprint density at radius 3 is 2.57 bits per heavy atom. The third kappa shape index (κ3) is 3.37. The molecule has 2 heterocycles. The van der Waals surface area contributed by atoms with Gasteiger partial charge in [0.25, 0.3) is 5.91 Å². The molecule has 0 saturated carbocycles. The van der Waals surface area contributed by atoms with Crippen LogP contribution in [0.25, 0.3) is 16.9 Å². The minimum absolute atomic E-state index is 0.298. The quantitative estimate of drug-likeness (QED) is 0.439. The van der Waals surface area contributed by atoms with E-state index >= 15 is 0 Å². The van der Waals surface area contributed by atoms with Crippen LogP contribution in [-0.4, -0.2) is 15.3 Å². The van der Waals surface area contributed by atoms with Gasteiger partial charge in [-0.2, -0.15) is 0 Å². The van der Waals surface area contributed by atoms with Crippen LogP contribution in [-0.2, 0) is 0 Å². The van der Waals surface area contributed by atoms with Gasteiger partial charge in [-0.15, -0.1) is 0 Å². The summed E-state index contributed by atoms with van der Waals surface area (Å²) in [5.74, 6) is 0.277. The Morgan fingerprint density at radius 2 is 1.82 bits per heavy atom. The highest BCUT2D eigenvalue weighted by Crippen LogP contribution is 2.32. The summed E-state index contributed by atoms with van der Waals surface area (Å²) < 4.78 is 1.87. The van der Waals surface area contributed by atoms with Crippen LogP contribution in [0.4, 0.5) is 5.82 Å². The Hall–Kier alpha value is -2.82. The highest BCUT2D eigenvalue weighted by atomic mass is 35.5. The van der Waals surface area contributed by atoms with Crippen LogP contribution in [0, 0.1) is 13.8 Å². The number of aromatic nitrogens is 2. The Morgan fingerprint density at radius 1 is 1.04 bits per heavy atom. The molecule has 4 nitrogen and oxygen atoms in total. The third-order valence-electron chi connectivity index (χ3n) is 4.59. The van der Waals surface area contributed by atoms with Gasteiger partial charge < -0.3 is 5.32 Å². The van der Waals surface area contributed by atoms with Crippen molar-refractivity contribution in [1.82, 2.24) is 9.38 Å². The van der Waals surface area contributed by atoms with Crippen LogP contribution in [0.3, 0.4) is 0 Å². The minimum Gasteiger partial charge on any atom is -0.306 e. The molecule has 1 N–H and O–H groups in total. The lowest BCUT2D eigenvalue weighted by Gasteiger charge is -2.10. The van der Waals surface area contributed by atoms with Gasteiger partial charge >= 0.3 is 0 Å². The number of anilines is 1. The SMILES string of the molecule is Cc1ccn2c(NC(=O)c3ccc(Cl)cc3Cl)c(-c3ccccc3C)nc2c1. The first kappa shape index (κ1) is 18.5. The average molecular weight is 410 g/mol. The van der Waals surface area contributed by atoms with Gasteiger partial charge in [-0.1, -0.05) is 47.5 Å². The molecule has 4 aromatic rings. The molecule has 0 bridgehead atoms. The fourth-order valence-electron chi connectivity index (χ4n) is 3.14. The van der Waals surface area contributed by atoms with E-state index < -0.39 is 0 Å². The Balaban J connectivity index is 1.86. The van der Waals surface area contributed by atoms with Gasteiger partial charge in [-0.25, -0.2) is 4.98 Å². The summed E-state index contributed by atoms with van der Waals surface area (Å²) in [5, 5.41) is 3.77. The second-order valence-electron chi connectivity index (χ2n) is 6.63. The molecule has 0 radical (unpaired) electrons. The van der Waals surface area contributed by atoms with E-state index in [9.17, 15) is 4.79 Å². The maximum atomic E-state index is 12.9. The summed E-state index contributed by atoms with van der Waals surface area (Å²) in [6.07, 6.45) is 1.90. The first-order valence-electron chi connectivity index (χ1n) is 8.75. The Bertz CT molecular complexity index is 1210. The summed E-state index contributed by atoms with van der Waals surface area (Å²) in [5.41, 5.74) is 4.94. The van der Waals surface area contributed by atoms with Crippen LogP contribution in [0.15, 0.2) is 60.8 Å². The van der Waals surface area contributed by atoms with Gasteiger partial charge in [0.15, 0.2) is 0 Å². The topological polar surface area (TPSA) is 46.4 Å². The van der Waals surface area contributed by atoms with Crippen molar-refractivity contribution in [2.24, 2.45) is 0 Å². The normalized spacial score (nSPS) is 11.0. The smallest absolute Gasteiger partial charge is 0.258 e. The number of halogens is 2. The lowest BCUT2D eigenvalue weighted by molar-refractivity contribution is 0.102. The van der Waals surface area contributed by atoms with E-state index in [1.807, 2.05) is 60.8 Å². The number of benzene rings is 2. The molecule has 0 spiro atoms. The average Bonchev–Trinajstić information content (AvgIpc) is 2.99. The van der Waals surface area contributed by atoms with Crippen molar-refractivity contribution in [3.63, 3.8) is 0 Å². The fraction of sp³-hybridized carbons (Fsp3) is 0.0909. The zero-order valence-electron chi connectivity index (χ0n) is 15.3. The van der Waals surface area contributed by atoms with Crippen molar-refractivity contribution in [1.29, 1.82) is 0 Å². The molecular formula is C22H17Cl2N3O. The molecule has 6 heteroatoms. The Kier molecular flexibility index (Phi) is 4.84. The molecule has 0 saturated heterocycles. The highest BCUT2D eigenvalue weighted by Gasteiger charge is 2.19. The number of fused-ring (bicyclic) bond motifs is 1.